The summed E-state index contributed by atoms with van der Waals surface area (Å²) in [6, 6.07) is 1.16. The molecule has 2 saturated heterocycles. The van der Waals surface area contributed by atoms with Crippen LogP contribution in [0.15, 0.2) is 14.4 Å². The fourth-order valence-electron chi connectivity index (χ4n) is 5.55. The van der Waals surface area contributed by atoms with Gasteiger partial charge in [0.15, 0.2) is 0 Å². The molecule has 0 aromatic carbocycles. The van der Waals surface area contributed by atoms with Crippen molar-refractivity contribution in [2.24, 2.45) is 0 Å². The van der Waals surface area contributed by atoms with Crippen molar-refractivity contribution in [2.45, 2.75) is 110 Å². The second-order valence-electron chi connectivity index (χ2n) is 11.2. The van der Waals surface area contributed by atoms with Gasteiger partial charge in [-0.25, -0.2) is 28.1 Å². The Balaban J connectivity index is 1.77. The van der Waals surface area contributed by atoms with Crippen molar-refractivity contribution in [3.8, 4) is 0 Å². The van der Waals surface area contributed by atoms with Crippen LogP contribution in [-0.2, 0) is 52.6 Å². The highest BCUT2D eigenvalue weighted by Crippen LogP contribution is 2.23. The van der Waals surface area contributed by atoms with Crippen LogP contribution >= 0.6 is 0 Å². The summed E-state index contributed by atoms with van der Waals surface area (Å²) in [6.07, 6.45) is 1.58. The van der Waals surface area contributed by atoms with Gasteiger partial charge in [0.2, 0.25) is 0 Å². The summed E-state index contributed by atoms with van der Waals surface area (Å²) in [6.45, 7) is 18.4. The number of aromatic nitrogens is 3. The van der Waals surface area contributed by atoms with Crippen LogP contribution in [0.25, 0.3) is 0 Å². The maximum absolute atomic E-state index is 13.5. The van der Waals surface area contributed by atoms with Crippen molar-refractivity contribution >= 4 is 72.8 Å². The van der Waals surface area contributed by atoms with E-state index in [1.54, 1.807) is 0 Å². The van der Waals surface area contributed by atoms with Crippen molar-refractivity contribution in [2.75, 3.05) is 0 Å². The van der Waals surface area contributed by atoms with E-state index in [1.165, 1.54) is 13.7 Å². The molecule has 4 atom stereocenters. The minimum atomic E-state index is -2.62. The van der Waals surface area contributed by atoms with Crippen molar-refractivity contribution in [1.29, 1.82) is 0 Å². The quantitative estimate of drug-likeness (QED) is 0.295. The fraction of sp³-hybridized carbons (Fsp3) is 0.850. The van der Waals surface area contributed by atoms with E-state index < -0.39 is 89.9 Å². The lowest BCUT2D eigenvalue weighted by Crippen LogP contribution is -2.55. The van der Waals surface area contributed by atoms with Gasteiger partial charge in [-0.15, -0.1) is 0 Å². The van der Waals surface area contributed by atoms with Gasteiger partial charge in [-0.3, -0.25) is 0 Å². The van der Waals surface area contributed by atoms with Gasteiger partial charge in [-0.05, 0) is 83.7 Å². The molecule has 3 heterocycles. The van der Waals surface area contributed by atoms with Gasteiger partial charge in [0, 0.05) is 19.6 Å². The van der Waals surface area contributed by atoms with E-state index in [1.807, 2.05) is 59.3 Å². The molecule has 2 aliphatic heterocycles. The molecule has 0 aliphatic carbocycles. The Morgan fingerprint density at radius 2 is 0.810 bits per heavy atom. The molecule has 0 amide bonds. The Morgan fingerprint density at radius 3 is 1.10 bits per heavy atom. The number of hydrogen-bond acceptors (Lipinski definition) is 11. The monoisotopic (exact) mass is 731 g/mol. The maximum atomic E-state index is 13.5. The molecule has 0 saturated carbocycles. The molecule has 2 aliphatic rings. The zero-order chi connectivity index (χ0) is 31.2. The zero-order valence-corrected chi connectivity index (χ0v) is 35.4. The molecule has 14 nitrogen and oxygen atoms in total. The van der Waals surface area contributed by atoms with Gasteiger partial charge < -0.3 is 32.9 Å². The first kappa shape index (κ1) is 36.3. The summed E-state index contributed by atoms with van der Waals surface area (Å²) in [5.41, 5.74) is -1.75. The molecule has 1 aromatic rings. The topological polar surface area (TPSA) is 140 Å². The molecule has 2 fully saturated rings. The van der Waals surface area contributed by atoms with E-state index >= 15 is 0 Å². The molecule has 42 heavy (non-hydrogen) atoms. The van der Waals surface area contributed by atoms with E-state index in [0.29, 0.717) is 31.4 Å². The van der Waals surface area contributed by atoms with E-state index in [0.717, 1.165) is 0 Å². The molecular weight excluding hydrogens is 683 g/mol. The Hall–Kier alpha value is -0.175. The standard InChI is InChI=1S/C20H49N3O11Si8/c1-10-13-21-18(24)22(14-11-16-41(8)31-37(4)27-35(2)28-38(5)32-41)20(26)23(19(21)25)15-12-17-42(9)33-39(6)29-36(3)30-40(7)34-42/h35-40H,10-17H2,1-9H3. The molecule has 3 rings (SSSR count). The minimum Gasteiger partial charge on any atom is -0.420 e. The Morgan fingerprint density at radius 1 is 0.524 bits per heavy atom. The molecule has 1 aromatic heterocycles. The minimum absolute atomic E-state index is 0.164. The summed E-state index contributed by atoms with van der Waals surface area (Å²) in [7, 11) is -16.3. The largest absolute Gasteiger partial charge is 0.420 e. The van der Waals surface area contributed by atoms with Gasteiger partial charge in [-0.2, -0.15) is 0 Å². The van der Waals surface area contributed by atoms with E-state index in [9.17, 15) is 14.4 Å². The van der Waals surface area contributed by atoms with Crippen LogP contribution in [-0.4, -0.2) is 86.5 Å². The molecule has 0 bridgehead atoms. The predicted octanol–water partition coefficient (Wildman–Crippen LogP) is -0.232. The van der Waals surface area contributed by atoms with Crippen LogP contribution in [0.3, 0.4) is 0 Å². The van der Waals surface area contributed by atoms with Crippen LogP contribution in [0.5, 0.6) is 0 Å². The third kappa shape index (κ3) is 10.2. The van der Waals surface area contributed by atoms with Gasteiger partial charge in [0.25, 0.3) is 55.7 Å². The Labute approximate surface area is 260 Å². The first-order valence-corrected chi connectivity index (χ1v) is 32.6. The van der Waals surface area contributed by atoms with Crippen molar-refractivity contribution < 1.29 is 32.9 Å². The predicted molar refractivity (Wildman–Crippen MR) is 178 cm³/mol. The molecule has 4 unspecified atom stereocenters. The molecule has 22 heteroatoms. The summed E-state index contributed by atoms with van der Waals surface area (Å²) in [5, 5.41) is 0. The highest BCUT2D eigenvalue weighted by molar-refractivity contribution is 6.81. The van der Waals surface area contributed by atoms with Crippen LogP contribution in [0.1, 0.15) is 26.2 Å². The Bertz CT molecular complexity index is 1110. The van der Waals surface area contributed by atoms with Crippen molar-refractivity contribution in [3.63, 3.8) is 0 Å². The first-order valence-electron chi connectivity index (χ1n) is 14.9. The molecule has 0 N–H and O–H groups in total. The van der Waals surface area contributed by atoms with E-state index in [4.69, 9.17) is 32.9 Å². The van der Waals surface area contributed by atoms with Crippen molar-refractivity contribution in [3.05, 3.63) is 31.5 Å². The third-order valence-electron chi connectivity index (χ3n) is 7.05. The molecule has 0 spiro atoms. The SMILES string of the molecule is CCCn1c(=O)n(CCC[Si]2(C)O[SiH](C)O[SiH](C)O[SiH](C)O2)c(=O)n(CCC[Si]2(C)O[SiH](C)O[SiH](C)O[SiH](C)O2)c1=O. The highest BCUT2D eigenvalue weighted by atomic mass is 28.5. The number of hydrogen-bond donors (Lipinski definition) is 0. The third-order valence-corrected chi connectivity index (χ3v) is 35.1. The van der Waals surface area contributed by atoms with Gasteiger partial charge in [-0.1, -0.05) is 6.92 Å². The lowest BCUT2D eigenvalue weighted by Gasteiger charge is -2.37. The van der Waals surface area contributed by atoms with Crippen molar-refractivity contribution in [1.82, 2.24) is 13.7 Å². The number of rotatable bonds is 10. The average Bonchev–Trinajstić information content (AvgIpc) is 2.83. The van der Waals surface area contributed by atoms with Gasteiger partial charge in [0.1, 0.15) is 0 Å². The summed E-state index contributed by atoms with van der Waals surface area (Å²) >= 11 is 0. The van der Waals surface area contributed by atoms with E-state index in [-0.39, 0.29) is 19.6 Å². The van der Waals surface area contributed by atoms with Gasteiger partial charge in [0.05, 0.1) is 0 Å². The average molecular weight is 732 g/mol. The van der Waals surface area contributed by atoms with Gasteiger partial charge >= 0.3 is 34.2 Å². The second-order valence-corrected chi connectivity index (χ2v) is 31.7. The van der Waals surface area contributed by atoms with Crippen LogP contribution in [0, 0.1) is 0 Å². The lowest BCUT2D eigenvalue weighted by atomic mass is 10.4. The Kier molecular flexibility index (Phi) is 13.7. The lowest BCUT2D eigenvalue weighted by molar-refractivity contribution is 0.271. The highest BCUT2D eigenvalue weighted by Gasteiger charge is 2.40. The van der Waals surface area contributed by atoms with Crippen LogP contribution in [0.2, 0.25) is 64.5 Å². The molecular formula is C20H49N3O11Si8. The first-order chi connectivity index (χ1) is 19.6. The van der Waals surface area contributed by atoms with Crippen LogP contribution in [0.4, 0.5) is 0 Å². The molecule has 242 valence electrons. The summed E-state index contributed by atoms with van der Waals surface area (Å²) in [5.74, 6) is 0. The molecule has 0 radical (unpaired) electrons. The fourth-order valence-corrected chi connectivity index (χ4v) is 34.9. The maximum Gasteiger partial charge on any atom is 0.336 e. The summed E-state index contributed by atoms with van der Waals surface area (Å²) < 4.78 is 52.9. The second kappa shape index (κ2) is 15.9. The van der Waals surface area contributed by atoms with E-state index in [2.05, 4.69) is 0 Å². The number of nitrogens with zero attached hydrogens (tertiary/aromatic N) is 3. The zero-order valence-electron chi connectivity index (χ0n) is 26.5. The van der Waals surface area contributed by atoms with Crippen LogP contribution < -0.4 is 17.1 Å². The summed E-state index contributed by atoms with van der Waals surface area (Å²) in [4.78, 5) is 40.1. The smallest absolute Gasteiger partial charge is 0.336 e. The normalized spacial score (nSPS) is 34.8.